The number of ether oxygens (including phenoxy) is 1. The number of fused-ring (bicyclic) bond motifs is 5. The Kier molecular flexibility index (Phi) is 7.69. The Morgan fingerprint density at radius 2 is 1.90 bits per heavy atom. The van der Waals surface area contributed by atoms with E-state index in [1.54, 1.807) is 12.7 Å². The first-order valence-corrected chi connectivity index (χ1v) is 16.1. The standard InChI is InChI=1S/C34H51N3O3/c1-23(8-13-32(39)37-20-18-36(19-21-37)30-6-5-7-31(35-30)40-4)27-11-12-28-26-10-9-24-22-25(38)14-16-33(24,2)29(26)15-17-34(27,28)3/h5-7,9,23,25-29,38H,8,10-22H2,1-4H3/t23-,25+,26+,27-,28+,29+,33+,34-/m1/s1. The highest BCUT2D eigenvalue weighted by atomic mass is 16.5. The Bertz CT molecular complexity index is 1110. The SMILES string of the molecule is COc1cccc(N2CCN(C(=O)CC[C@@H](C)[C@H]3CC[C@H]4[C@@H]5CC=C6C[C@@H](O)CC[C@]6(C)[C@H]5CC[C@]34C)CC2)n1. The second-order valence-electron chi connectivity index (χ2n) is 14.3. The average molecular weight is 550 g/mol. The van der Waals surface area contributed by atoms with Crippen LogP contribution in [-0.4, -0.2) is 60.3 Å². The number of pyridine rings is 1. The maximum Gasteiger partial charge on any atom is 0.222 e. The first-order chi connectivity index (χ1) is 19.2. The zero-order valence-corrected chi connectivity index (χ0v) is 25.3. The summed E-state index contributed by atoms with van der Waals surface area (Å²) in [7, 11) is 1.65. The van der Waals surface area contributed by atoms with Crippen LogP contribution in [0.4, 0.5) is 5.82 Å². The second-order valence-corrected chi connectivity index (χ2v) is 14.3. The van der Waals surface area contributed by atoms with Crippen molar-refractivity contribution >= 4 is 11.7 Å². The lowest BCUT2D eigenvalue weighted by Crippen LogP contribution is -2.51. The molecule has 1 amide bonds. The van der Waals surface area contributed by atoms with Crippen LogP contribution in [0.2, 0.25) is 0 Å². The number of carbonyl (C=O) groups excluding carboxylic acids is 1. The van der Waals surface area contributed by atoms with Gasteiger partial charge in [0.1, 0.15) is 5.82 Å². The van der Waals surface area contributed by atoms with Gasteiger partial charge in [-0.2, -0.15) is 4.98 Å². The maximum atomic E-state index is 13.3. The van der Waals surface area contributed by atoms with E-state index in [0.717, 1.165) is 81.4 Å². The summed E-state index contributed by atoms with van der Waals surface area (Å²) in [5, 5.41) is 10.3. The molecule has 6 rings (SSSR count). The number of aromatic nitrogens is 1. The predicted molar refractivity (Wildman–Crippen MR) is 159 cm³/mol. The van der Waals surface area contributed by atoms with E-state index in [2.05, 4.69) is 41.6 Å². The summed E-state index contributed by atoms with van der Waals surface area (Å²) >= 11 is 0. The number of methoxy groups -OCH3 is 1. The van der Waals surface area contributed by atoms with Crippen molar-refractivity contribution in [3.8, 4) is 5.88 Å². The van der Waals surface area contributed by atoms with Gasteiger partial charge in [-0.3, -0.25) is 4.79 Å². The topological polar surface area (TPSA) is 65.9 Å². The molecular weight excluding hydrogens is 498 g/mol. The van der Waals surface area contributed by atoms with E-state index < -0.39 is 0 Å². The summed E-state index contributed by atoms with van der Waals surface area (Å²) in [4.78, 5) is 22.1. The molecule has 4 fully saturated rings. The van der Waals surface area contributed by atoms with Gasteiger partial charge in [0.2, 0.25) is 11.8 Å². The molecular formula is C34H51N3O3. The van der Waals surface area contributed by atoms with Crippen LogP contribution in [0.3, 0.4) is 0 Å². The summed E-state index contributed by atoms with van der Waals surface area (Å²) in [5.41, 5.74) is 2.29. The number of piperazine rings is 1. The lowest BCUT2D eigenvalue weighted by atomic mass is 9.47. The Morgan fingerprint density at radius 3 is 2.67 bits per heavy atom. The fourth-order valence-electron chi connectivity index (χ4n) is 10.2. The molecule has 1 saturated heterocycles. The fourth-order valence-corrected chi connectivity index (χ4v) is 10.2. The fraction of sp³-hybridized carbons (Fsp3) is 0.765. The minimum atomic E-state index is -0.127. The number of hydrogen-bond acceptors (Lipinski definition) is 5. The highest BCUT2D eigenvalue weighted by Gasteiger charge is 2.59. The maximum absolute atomic E-state index is 13.3. The molecule has 1 N–H and O–H groups in total. The van der Waals surface area contributed by atoms with Gasteiger partial charge in [0.15, 0.2) is 0 Å². The third kappa shape index (κ3) is 4.86. The molecule has 0 unspecified atom stereocenters. The molecule has 0 aromatic carbocycles. The number of amides is 1. The van der Waals surface area contributed by atoms with Crippen molar-refractivity contribution in [3.63, 3.8) is 0 Å². The van der Waals surface area contributed by atoms with Crippen molar-refractivity contribution in [1.82, 2.24) is 9.88 Å². The third-order valence-electron chi connectivity index (χ3n) is 12.5. The summed E-state index contributed by atoms with van der Waals surface area (Å²) < 4.78 is 5.28. The molecule has 0 radical (unpaired) electrons. The summed E-state index contributed by atoms with van der Waals surface area (Å²) in [6.45, 7) is 10.8. The lowest BCUT2D eigenvalue weighted by Gasteiger charge is -2.58. The van der Waals surface area contributed by atoms with Crippen LogP contribution in [0.1, 0.15) is 85.0 Å². The van der Waals surface area contributed by atoms with E-state index in [9.17, 15) is 9.90 Å². The minimum Gasteiger partial charge on any atom is -0.481 e. The molecule has 1 aliphatic heterocycles. The van der Waals surface area contributed by atoms with E-state index in [0.29, 0.717) is 35.0 Å². The number of anilines is 1. The van der Waals surface area contributed by atoms with Crippen molar-refractivity contribution in [1.29, 1.82) is 0 Å². The molecule has 40 heavy (non-hydrogen) atoms. The average Bonchev–Trinajstić information content (AvgIpc) is 3.33. The molecule has 1 aromatic heterocycles. The predicted octanol–water partition coefficient (Wildman–Crippen LogP) is 6.10. The number of nitrogens with zero attached hydrogens (tertiary/aromatic N) is 3. The van der Waals surface area contributed by atoms with E-state index in [1.807, 2.05) is 18.2 Å². The van der Waals surface area contributed by atoms with Crippen molar-refractivity contribution in [2.75, 3.05) is 38.2 Å². The highest BCUT2D eigenvalue weighted by molar-refractivity contribution is 5.76. The van der Waals surface area contributed by atoms with Gasteiger partial charge in [0.05, 0.1) is 13.2 Å². The van der Waals surface area contributed by atoms with Gasteiger partial charge < -0.3 is 19.6 Å². The van der Waals surface area contributed by atoms with Gasteiger partial charge in [-0.1, -0.05) is 38.5 Å². The third-order valence-corrected chi connectivity index (χ3v) is 12.5. The molecule has 5 aliphatic rings. The first kappa shape index (κ1) is 28.1. The first-order valence-electron chi connectivity index (χ1n) is 16.1. The van der Waals surface area contributed by atoms with E-state index in [4.69, 9.17) is 4.74 Å². The Balaban J connectivity index is 1.03. The zero-order valence-electron chi connectivity index (χ0n) is 25.3. The quantitative estimate of drug-likeness (QED) is 0.435. The number of hydrogen-bond donors (Lipinski definition) is 1. The second kappa shape index (κ2) is 11.0. The molecule has 6 nitrogen and oxygen atoms in total. The molecule has 6 heteroatoms. The monoisotopic (exact) mass is 549 g/mol. The molecule has 0 spiro atoms. The molecule has 4 aliphatic carbocycles. The number of aliphatic hydroxyl groups excluding tert-OH is 1. The molecule has 1 aromatic rings. The van der Waals surface area contributed by atoms with Crippen LogP contribution in [0.5, 0.6) is 5.88 Å². The van der Waals surface area contributed by atoms with Gasteiger partial charge in [-0.15, -0.1) is 0 Å². The molecule has 0 bridgehead atoms. The molecule has 8 atom stereocenters. The van der Waals surface area contributed by atoms with E-state index >= 15 is 0 Å². The van der Waals surface area contributed by atoms with Gasteiger partial charge in [0.25, 0.3) is 0 Å². The molecule has 3 saturated carbocycles. The smallest absolute Gasteiger partial charge is 0.222 e. The summed E-state index contributed by atoms with van der Waals surface area (Å²) in [6.07, 6.45) is 13.8. The largest absolute Gasteiger partial charge is 0.481 e. The van der Waals surface area contributed by atoms with Crippen molar-refractivity contribution in [2.24, 2.45) is 40.4 Å². The van der Waals surface area contributed by atoms with E-state index in [-0.39, 0.29) is 6.10 Å². The number of carbonyl (C=O) groups is 1. The number of rotatable bonds is 6. The Morgan fingerprint density at radius 1 is 1.10 bits per heavy atom. The number of aliphatic hydroxyl groups is 1. The van der Waals surface area contributed by atoms with E-state index in [1.165, 1.54) is 32.1 Å². The van der Waals surface area contributed by atoms with Crippen LogP contribution in [-0.2, 0) is 4.79 Å². The van der Waals surface area contributed by atoms with Crippen LogP contribution in [0.25, 0.3) is 0 Å². The number of allylic oxidation sites excluding steroid dienone is 1. The van der Waals surface area contributed by atoms with Gasteiger partial charge >= 0.3 is 0 Å². The van der Waals surface area contributed by atoms with Crippen molar-refractivity contribution in [2.45, 2.75) is 91.1 Å². The van der Waals surface area contributed by atoms with Crippen LogP contribution < -0.4 is 9.64 Å². The highest BCUT2D eigenvalue weighted by Crippen LogP contribution is 2.67. The van der Waals surface area contributed by atoms with Crippen LogP contribution in [0.15, 0.2) is 29.8 Å². The van der Waals surface area contributed by atoms with Gasteiger partial charge in [0, 0.05) is 38.7 Å². The normalized spacial score (nSPS) is 38.1. The molecule has 220 valence electrons. The van der Waals surface area contributed by atoms with Gasteiger partial charge in [-0.25, -0.2) is 0 Å². The van der Waals surface area contributed by atoms with Crippen molar-refractivity contribution in [3.05, 3.63) is 29.8 Å². The molecule has 2 heterocycles. The van der Waals surface area contributed by atoms with Crippen molar-refractivity contribution < 1.29 is 14.6 Å². The van der Waals surface area contributed by atoms with Gasteiger partial charge in [-0.05, 0) is 104 Å². The lowest BCUT2D eigenvalue weighted by molar-refractivity contribution is -0.132. The summed E-state index contributed by atoms with van der Waals surface area (Å²) in [5.74, 6) is 5.62. The minimum absolute atomic E-state index is 0.127. The summed E-state index contributed by atoms with van der Waals surface area (Å²) in [6, 6.07) is 5.87. The van der Waals surface area contributed by atoms with Crippen LogP contribution in [0, 0.1) is 40.4 Å². The van der Waals surface area contributed by atoms with Crippen LogP contribution >= 0.6 is 0 Å². The Labute approximate surface area is 241 Å². The Hall–Kier alpha value is -2.08. The zero-order chi connectivity index (χ0) is 28.1.